The number of nitrogens with two attached hydrogens (primary N) is 1. The third-order valence-corrected chi connectivity index (χ3v) is 6.58. The number of hydrogen-bond acceptors (Lipinski definition) is 8. The molecule has 3 N–H and O–H groups in total. The van der Waals surface area contributed by atoms with E-state index in [1.807, 2.05) is 6.07 Å². The van der Waals surface area contributed by atoms with E-state index in [0.29, 0.717) is 17.1 Å². The number of nitrogens with zero attached hydrogens (tertiary/aromatic N) is 5. The molecule has 0 fully saturated rings. The molecular formula is C21H20FN7OS. The summed E-state index contributed by atoms with van der Waals surface area (Å²) in [5, 5.41) is 15.2. The van der Waals surface area contributed by atoms with Crippen LogP contribution in [0.5, 0.6) is 5.75 Å². The van der Waals surface area contributed by atoms with Gasteiger partial charge in [0.25, 0.3) is 0 Å². The lowest BCUT2D eigenvalue weighted by molar-refractivity contribution is 0.411. The number of halogens is 1. The van der Waals surface area contributed by atoms with Gasteiger partial charge >= 0.3 is 0 Å². The number of rotatable bonds is 4. The molecule has 0 aliphatic carbocycles. The number of nitrogen functional groups attached to an aromatic ring is 1. The summed E-state index contributed by atoms with van der Waals surface area (Å²) in [5.74, 6) is 0.493. The number of benzene rings is 1. The Hall–Kier alpha value is -3.37. The highest BCUT2D eigenvalue weighted by atomic mass is 32.1. The van der Waals surface area contributed by atoms with Crippen LogP contribution in [0.15, 0.2) is 36.5 Å². The first-order valence-corrected chi connectivity index (χ1v) is 10.7. The maximum atomic E-state index is 14.7. The van der Waals surface area contributed by atoms with E-state index in [1.165, 1.54) is 28.3 Å². The molecule has 0 saturated carbocycles. The molecule has 5 rings (SSSR count). The van der Waals surface area contributed by atoms with Crippen LogP contribution in [0.1, 0.15) is 10.4 Å². The zero-order valence-electron chi connectivity index (χ0n) is 16.8. The summed E-state index contributed by atoms with van der Waals surface area (Å²) >= 11 is 1.77. The predicted octanol–water partition coefficient (Wildman–Crippen LogP) is 2.87. The van der Waals surface area contributed by atoms with Gasteiger partial charge in [0.05, 0.1) is 12.7 Å². The molecule has 8 nitrogen and oxygen atoms in total. The standard InChI is InChI=1S/C21H20FN7OS/c1-30-14-2-3-17(16(22)10-14)29-21(26-27-28-29)15-8-13(11-25-20(15)23)19-9-12-4-6-24-7-5-18(12)31-19/h2-3,8-11,24H,4-7H2,1H3,(H2,23,25). The third kappa shape index (κ3) is 3.64. The van der Waals surface area contributed by atoms with E-state index >= 15 is 0 Å². The molecule has 158 valence electrons. The Kier molecular flexibility index (Phi) is 5.08. The lowest BCUT2D eigenvalue weighted by atomic mass is 10.1. The zero-order valence-corrected chi connectivity index (χ0v) is 17.6. The van der Waals surface area contributed by atoms with E-state index in [0.717, 1.165) is 36.4 Å². The molecule has 0 saturated heterocycles. The lowest BCUT2D eigenvalue weighted by Crippen LogP contribution is -2.16. The number of pyridine rings is 1. The quantitative estimate of drug-likeness (QED) is 0.506. The molecule has 4 aromatic rings. The van der Waals surface area contributed by atoms with Gasteiger partial charge in [-0.05, 0) is 66.2 Å². The molecule has 1 aliphatic rings. The Bertz CT molecular complexity index is 1230. The number of tetrazole rings is 1. The Morgan fingerprint density at radius 3 is 2.90 bits per heavy atom. The molecule has 1 aliphatic heterocycles. The van der Waals surface area contributed by atoms with E-state index in [9.17, 15) is 4.39 Å². The smallest absolute Gasteiger partial charge is 0.190 e. The van der Waals surface area contributed by atoms with Crippen LogP contribution in [0.2, 0.25) is 0 Å². The molecule has 0 amide bonds. The zero-order chi connectivity index (χ0) is 21.4. The number of hydrogen-bond donors (Lipinski definition) is 2. The van der Waals surface area contributed by atoms with Crippen molar-refractivity contribution in [2.24, 2.45) is 0 Å². The molecule has 0 unspecified atom stereocenters. The van der Waals surface area contributed by atoms with Crippen molar-refractivity contribution in [3.63, 3.8) is 0 Å². The molecule has 31 heavy (non-hydrogen) atoms. The second-order valence-electron chi connectivity index (χ2n) is 7.20. The molecule has 1 aromatic carbocycles. The molecule has 0 radical (unpaired) electrons. The van der Waals surface area contributed by atoms with E-state index in [4.69, 9.17) is 10.5 Å². The van der Waals surface area contributed by atoms with Gasteiger partial charge in [0.15, 0.2) is 11.6 Å². The fourth-order valence-electron chi connectivity index (χ4n) is 3.67. The summed E-state index contributed by atoms with van der Waals surface area (Å²) in [4.78, 5) is 6.88. The normalized spacial score (nSPS) is 13.6. The highest BCUT2D eigenvalue weighted by molar-refractivity contribution is 7.15. The Balaban J connectivity index is 1.57. The van der Waals surface area contributed by atoms with Crippen molar-refractivity contribution in [2.45, 2.75) is 12.8 Å². The Morgan fingerprint density at radius 2 is 2.06 bits per heavy atom. The van der Waals surface area contributed by atoms with Crippen LogP contribution in [0.3, 0.4) is 0 Å². The second kappa shape index (κ2) is 8.05. The number of ether oxygens (including phenoxy) is 1. The first-order valence-electron chi connectivity index (χ1n) is 9.85. The van der Waals surface area contributed by atoms with Crippen molar-refractivity contribution in [1.82, 2.24) is 30.5 Å². The van der Waals surface area contributed by atoms with Crippen LogP contribution >= 0.6 is 11.3 Å². The molecule has 0 bridgehead atoms. The summed E-state index contributed by atoms with van der Waals surface area (Å²) in [7, 11) is 1.48. The van der Waals surface area contributed by atoms with Crippen LogP contribution in [0.25, 0.3) is 27.5 Å². The Morgan fingerprint density at radius 1 is 1.19 bits per heavy atom. The van der Waals surface area contributed by atoms with Crippen molar-refractivity contribution < 1.29 is 9.13 Å². The highest BCUT2D eigenvalue weighted by Crippen LogP contribution is 2.36. The predicted molar refractivity (Wildman–Crippen MR) is 117 cm³/mol. The van der Waals surface area contributed by atoms with Crippen molar-refractivity contribution in [1.29, 1.82) is 0 Å². The van der Waals surface area contributed by atoms with Crippen LogP contribution in [-0.2, 0) is 12.8 Å². The maximum absolute atomic E-state index is 14.7. The van der Waals surface area contributed by atoms with E-state index in [-0.39, 0.29) is 11.5 Å². The van der Waals surface area contributed by atoms with Gasteiger partial charge in [-0.3, -0.25) is 0 Å². The summed E-state index contributed by atoms with van der Waals surface area (Å²) < 4.78 is 21.1. The van der Waals surface area contributed by atoms with Gasteiger partial charge in [0.2, 0.25) is 0 Å². The van der Waals surface area contributed by atoms with E-state index < -0.39 is 5.82 Å². The number of fused-ring (bicyclic) bond motifs is 1. The number of methoxy groups -OCH3 is 1. The minimum Gasteiger partial charge on any atom is -0.497 e. The molecule has 3 aromatic heterocycles. The fraction of sp³-hybridized carbons (Fsp3) is 0.238. The largest absolute Gasteiger partial charge is 0.497 e. The minimum atomic E-state index is -0.508. The molecule has 0 atom stereocenters. The number of aromatic nitrogens is 5. The van der Waals surface area contributed by atoms with Crippen LogP contribution in [-0.4, -0.2) is 45.4 Å². The number of nitrogens with one attached hydrogen (secondary N) is 1. The van der Waals surface area contributed by atoms with Crippen LogP contribution in [0, 0.1) is 5.82 Å². The van der Waals surface area contributed by atoms with Crippen molar-refractivity contribution >= 4 is 17.2 Å². The van der Waals surface area contributed by atoms with Gasteiger partial charge in [-0.2, -0.15) is 4.68 Å². The van der Waals surface area contributed by atoms with Crippen molar-refractivity contribution in [3.8, 4) is 33.3 Å². The second-order valence-corrected chi connectivity index (χ2v) is 8.33. The van der Waals surface area contributed by atoms with Crippen LogP contribution < -0.4 is 15.8 Å². The van der Waals surface area contributed by atoms with E-state index in [2.05, 4.69) is 31.9 Å². The Labute approximate surface area is 181 Å². The minimum absolute atomic E-state index is 0.195. The highest BCUT2D eigenvalue weighted by Gasteiger charge is 2.20. The average molecular weight is 438 g/mol. The molecular weight excluding hydrogens is 417 g/mol. The summed E-state index contributed by atoms with van der Waals surface area (Å²) in [5.41, 5.74) is 9.21. The molecule has 10 heteroatoms. The van der Waals surface area contributed by atoms with Gasteiger partial charge < -0.3 is 15.8 Å². The van der Waals surface area contributed by atoms with Gasteiger partial charge in [-0.25, -0.2) is 9.37 Å². The van der Waals surface area contributed by atoms with Crippen molar-refractivity contribution in [2.75, 3.05) is 25.9 Å². The first kappa shape index (κ1) is 19.6. The van der Waals surface area contributed by atoms with Gasteiger partial charge in [0.1, 0.15) is 17.3 Å². The monoisotopic (exact) mass is 437 g/mol. The number of thiophene rings is 1. The fourth-order valence-corrected chi connectivity index (χ4v) is 4.87. The first-order chi connectivity index (χ1) is 15.1. The number of anilines is 1. The third-order valence-electron chi connectivity index (χ3n) is 5.29. The van der Waals surface area contributed by atoms with Crippen molar-refractivity contribution in [3.05, 3.63) is 52.8 Å². The van der Waals surface area contributed by atoms with Gasteiger partial charge in [-0.15, -0.1) is 16.4 Å². The van der Waals surface area contributed by atoms with Gasteiger partial charge in [-0.1, -0.05) is 0 Å². The topological polar surface area (TPSA) is 104 Å². The molecule has 0 spiro atoms. The van der Waals surface area contributed by atoms with Crippen LogP contribution in [0.4, 0.5) is 10.2 Å². The molecule has 4 heterocycles. The average Bonchev–Trinajstić information content (AvgIpc) is 3.36. The van der Waals surface area contributed by atoms with E-state index in [1.54, 1.807) is 29.7 Å². The summed E-state index contributed by atoms with van der Waals surface area (Å²) in [6.07, 6.45) is 3.78. The lowest BCUT2D eigenvalue weighted by Gasteiger charge is -2.09. The maximum Gasteiger partial charge on any atom is 0.190 e. The summed E-state index contributed by atoms with van der Waals surface area (Å²) in [6.45, 7) is 1.97. The SMILES string of the molecule is COc1ccc(-n2nnnc2-c2cc(-c3cc4c(s3)CCNCC4)cnc2N)c(F)c1. The van der Waals surface area contributed by atoms with Gasteiger partial charge in [0, 0.05) is 27.6 Å². The summed E-state index contributed by atoms with van der Waals surface area (Å²) in [6, 6.07) is 8.62.